The highest BCUT2D eigenvalue weighted by Gasteiger charge is 2.36. The zero-order valence-electron chi connectivity index (χ0n) is 16.7. The molecular weight excluding hydrogens is 405 g/mol. The van der Waals surface area contributed by atoms with Crippen molar-refractivity contribution in [3.63, 3.8) is 0 Å². The van der Waals surface area contributed by atoms with Crippen LogP contribution in [0, 0.1) is 5.82 Å². The number of carbonyl (C=O) groups excluding carboxylic acids is 1. The summed E-state index contributed by atoms with van der Waals surface area (Å²) in [4.78, 5) is 17.6. The Bertz CT molecular complexity index is 974. The smallest absolute Gasteiger partial charge is 0.246 e. The van der Waals surface area contributed by atoms with Gasteiger partial charge < -0.3 is 5.32 Å². The van der Waals surface area contributed by atoms with E-state index in [-0.39, 0.29) is 29.3 Å². The molecule has 2 saturated heterocycles. The number of halogens is 1. The summed E-state index contributed by atoms with van der Waals surface area (Å²) < 4.78 is 36.8. The molecule has 6 nitrogen and oxygen atoms in total. The van der Waals surface area contributed by atoms with Gasteiger partial charge in [0, 0.05) is 37.9 Å². The van der Waals surface area contributed by atoms with Crippen molar-refractivity contribution in [1.82, 2.24) is 9.80 Å². The molecule has 30 heavy (non-hydrogen) atoms. The third kappa shape index (κ3) is 4.88. The number of benzene rings is 2. The van der Waals surface area contributed by atoms with Crippen molar-refractivity contribution in [1.29, 1.82) is 0 Å². The molecule has 2 aromatic rings. The van der Waals surface area contributed by atoms with Crippen LogP contribution in [0.1, 0.15) is 18.0 Å². The number of carbonyl (C=O) groups is 1. The second kappa shape index (κ2) is 8.83. The van der Waals surface area contributed by atoms with Crippen LogP contribution in [-0.2, 0) is 14.6 Å². The number of hydrogen-bond acceptors (Lipinski definition) is 5. The number of nitrogens with zero attached hydrogens (tertiary/aromatic N) is 2. The fourth-order valence-corrected chi connectivity index (χ4v) is 6.09. The number of sulfone groups is 1. The van der Waals surface area contributed by atoms with E-state index in [4.69, 9.17) is 0 Å². The van der Waals surface area contributed by atoms with Gasteiger partial charge in [0.1, 0.15) is 11.9 Å². The molecule has 0 aliphatic carbocycles. The zero-order chi connectivity index (χ0) is 21.1. The van der Waals surface area contributed by atoms with Crippen molar-refractivity contribution in [3.8, 4) is 0 Å². The van der Waals surface area contributed by atoms with Gasteiger partial charge in [0.15, 0.2) is 9.84 Å². The van der Waals surface area contributed by atoms with Crippen LogP contribution >= 0.6 is 0 Å². The number of rotatable bonds is 5. The van der Waals surface area contributed by atoms with Gasteiger partial charge >= 0.3 is 0 Å². The Morgan fingerprint density at radius 1 is 1.00 bits per heavy atom. The summed E-state index contributed by atoms with van der Waals surface area (Å²) in [6, 6.07) is 15.0. The quantitative estimate of drug-likeness (QED) is 0.787. The van der Waals surface area contributed by atoms with Crippen molar-refractivity contribution in [2.75, 3.05) is 43.0 Å². The van der Waals surface area contributed by atoms with E-state index in [0.29, 0.717) is 25.2 Å². The standard InChI is InChI=1S/C22H26FN3O3S/c23-18-6-8-19(9-7-18)24-22(27)21(17-4-2-1-3-5-17)26-13-11-25(12-14-26)20-10-15-30(28,29)16-20/h1-9,20-21H,10-16H2,(H,24,27)/t20-,21+/m0/s1. The minimum Gasteiger partial charge on any atom is -0.324 e. The lowest BCUT2D eigenvalue weighted by Gasteiger charge is -2.40. The van der Waals surface area contributed by atoms with Gasteiger partial charge in [0.25, 0.3) is 0 Å². The molecule has 1 amide bonds. The van der Waals surface area contributed by atoms with Gasteiger partial charge in [0.2, 0.25) is 5.91 Å². The van der Waals surface area contributed by atoms with E-state index in [1.54, 1.807) is 12.1 Å². The van der Waals surface area contributed by atoms with E-state index >= 15 is 0 Å². The Balaban J connectivity index is 1.47. The lowest BCUT2D eigenvalue weighted by Crippen LogP contribution is -2.53. The molecule has 0 unspecified atom stereocenters. The third-order valence-electron chi connectivity index (χ3n) is 5.91. The lowest BCUT2D eigenvalue weighted by atomic mass is 10.0. The molecule has 0 radical (unpaired) electrons. The SMILES string of the molecule is O=C(Nc1ccc(F)cc1)[C@@H](c1ccccc1)N1CCN([C@H]2CCS(=O)(=O)C2)CC1. The average molecular weight is 432 g/mol. The van der Waals surface area contributed by atoms with Crippen LogP contribution in [-0.4, -0.2) is 67.9 Å². The summed E-state index contributed by atoms with van der Waals surface area (Å²) in [5.74, 6) is -0.00698. The molecule has 0 bridgehead atoms. The molecule has 2 atom stereocenters. The van der Waals surface area contributed by atoms with Crippen molar-refractivity contribution < 1.29 is 17.6 Å². The zero-order valence-corrected chi connectivity index (χ0v) is 17.5. The number of hydrogen-bond donors (Lipinski definition) is 1. The highest BCUT2D eigenvalue weighted by molar-refractivity contribution is 7.91. The van der Waals surface area contributed by atoms with Gasteiger partial charge in [-0.05, 0) is 36.2 Å². The van der Waals surface area contributed by atoms with Crippen LogP contribution in [0.15, 0.2) is 54.6 Å². The fraction of sp³-hybridized carbons (Fsp3) is 0.409. The molecule has 2 heterocycles. The van der Waals surface area contributed by atoms with E-state index in [9.17, 15) is 17.6 Å². The maximum Gasteiger partial charge on any atom is 0.246 e. The fourth-order valence-electron chi connectivity index (χ4n) is 4.33. The second-order valence-electron chi connectivity index (χ2n) is 7.94. The maximum atomic E-state index is 13.2. The average Bonchev–Trinajstić information content (AvgIpc) is 3.11. The lowest BCUT2D eigenvalue weighted by molar-refractivity contribution is -0.122. The number of anilines is 1. The number of nitrogens with one attached hydrogen (secondary N) is 1. The molecule has 0 spiro atoms. The summed E-state index contributed by atoms with van der Waals surface area (Å²) in [6.45, 7) is 2.81. The van der Waals surface area contributed by atoms with Gasteiger partial charge in [-0.2, -0.15) is 0 Å². The first-order valence-electron chi connectivity index (χ1n) is 10.2. The van der Waals surface area contributed by atoms with Crippen molar-refractivity contribution in [3.05, 3.63) is 66.0 Å². The van der Waals surface area contributed by atoms with Crippen LogP contribution in [0.4, 0.5) is 10.1 Å². The molecule has 2 fully saturated rings. The highest BCUT2D eigenvalue weighted by Crippen LogP contribution is 2.26. The van der Waals surface area contributed by atoms with E-state index in [1.807, 2.05) is 30.3 Å². The molecule has 0 saturated carbocycles. The summed E-state index contributed by atoms with van der Waals surface area (Å²) in [5.41, 5.74) is 1.45. The highest BCUT2D eigenvalue weighted by atomic mass is 32.2. The van der Waals surface area contributed by atoms with Gasteiger partial charge in [-0.25, -0.2) is 12.8 Å². The predicted octanol–water partition coefficient (Wildman–Crippen LogP) is 2.31. The first kappa shape index (κ1) is 21.0. The summed E-state index contributed by atoms with van der Waals surface area (Å²) in [5, 5.41) is 2.90. The predicted molar refractivity (Wildman–Crippen MR) is 114 cm³/mol. The van der Waals surface area contributed by atoms with Gasteiger partial charge in [-0.3, -0.25) is 14.6 Å². The van der Waals surface area contributed by atoms with Gasteiger partial charge in [0.05, 0.1) is 11.5 Å². The Hall–Kier alpha value is -2.29. The van der Waals surface area contributed by atoms with Gasteiger partial charge in [-0.15, -0.1) is 0 Å². The normalized spacial score (nSPS) is 23.2. The Morgan fingerprint density at radius 2 is 1.67 bits per heavy atom. The Morgan fingerprint density at radius 3 is 2.27 bits per heavy atom. The monoisotopic (exact) mass is 431 g/mol. The molecule has 2 aliphatic rings. The third-order valence-corrected chi connectivity index (χ3v) is 7.66. The van der Waals surface area contributed by atoms with E-state index in [2.05, 4.69) is 15.1 Å². The first-order chi connectivity index (χ1) is 14.4. The summed E-state index contributed by atoms with van der Waals surface area (Å²) in [6.07, 6.45) is 0.690. The minimum absolute atomic E-state index is 0.0837. The van der Waals surface area contributed by atoms with Crippen LogP contribution in [0.25, 0.3) is 0 Å². The summed E-state index contributed by atoms with van der Waals surface area (Å²) in [7, 11) is -2.91. The second-order valence-corrected chi connectivity index (χ2v) is 10.2. The van der Waals surface area contributed by atoms with Gasteiger partial charge in [-0.1, -0.05) is 30.3 Å². The summed E-state index contributed by atoms with van der Waals surface area (Å²) >= 11 is 0. The molecule has 160 valence electrons. The van der Waals surface area contributed by atoms with Crippen LogP contribution in [0.5, 0.6) is 0 Å². The van der Waals surface area contributed by atoms with Crippen LogP contribution in [0.2, 0.25) is 0 Å². The molecule has 8 heteroatoms. The molecule has 2 aliphatic heterocycles. The number of amides is 1. The minimum atomic E-state index is -2.91. The van der Waals surface area contributed by atoms with Crippen molar-refractivity contribution >= 4 is 21.4 Å². The Labute approximate surface area is 176 Å². The molecular formula is C22H26FN3O3S. The first-order valence-corrected chi connectivity index (χ1v) is 12.0. The van der Waals surface area contributed by atoms with Crippen LogP contribution in [0.3, 0.4) is 0 Å². The largest absolute Gasteiger partial charge is 0.324 e. The van der Waals surface area contributed by atoms with Crippen LogP contribution < -0.4 is 5.32 Å². The molecule has 2 aromatic carbocycles. The Kier molecular flexibility index (Phi) is 6.17. The van der Waals surface area contributed by atoms with E-state index in [1.165, 1.54) is 12.1 Å². The van der Waals surface area contributed by atoms with E-state index < -0.39 is 15.9 Å². The number of piperazine rings is 1. The molecule has 0 aromatic heterocycles. The van der Waals surface area contributed by atoms with E-state index in [0.717, 1.165) is 18.7 Å². The maximum absolute atomic E-state index is 13.2. The molecule has 4 rings (SSSR count). The van der Waals surface area contributed by atoms with Crippen molar-refractivity contribution in [2.24, 2.45) is 0 Å². The molecule has 1 N–H and O–H groups in total. The van der Waals surface area contributed by atoms with Crippen molar-refractivity contribution in [2.45, 2.75) is 18.5 Å². The topological polar surface area (TPSA) is 69.7 Å².